The van der Waals surface area contributed by atoms with Gasteiger partial charge in [-0.05, 0) is 31.7 Å². The van der Waals surface area contributed by atoms with Crippen LogP contribution < -0.4 is 5.32 Å². The van der Waals surface area contributed by atoms with Gasteiger partial charge >= 0.3 is 0 Å². The smallest absolute Gasteiger partial charge is 0.111 e. The van der Waals surface area contributed by atoms with E-state index in [-0.39, 0.29) is 5.60 Å². The van der Waals surface area contributed by atoms with Gasteiger partial charge in [-0.15, -0.1) is 11.3 Å². The zero-order valence-corrected chi connectivity index (χ0v) is 12.1. The SMILES string of the molecule is CC1(C)C[C@@](O)(CC[NH2+]Cc2cccs2)CCO1. The van der Waals surface area contributed by atoms with Gasteiger partial charge in [0.1, 0.15) is 6.54 Å². The Bertz CT molecular complexity index is 364. The van der Waals surface area contributed by atoms with Crippen molar-refractivity contribution in [3.8, 4) is 0 Å². The van der Waals surface area contributed by atoms with Gasteiger partial charge < -0.3 is 15.2 Å². The first kappa shape index (κ1) is 14.0. The summed E-state index contributed by atoms with van der Waals surface area (Å²) in [5.74, 6) is 0. The monoisotopic (exact) mass is 270 g/mol. The number of ether oxygens (including phenoxy) is 1. The van der Waals surface area contributed by atoms with Crippen LogP contribution in [0, 0.1) is 0 Å². The molecule has 1 aromatic rings. The number of rotatable bonds is 5. The van der Waals surface area contributed by atoms with Crippen LogP contribution in [0.15, 0.2) is 17.5 Å². The molecule has 0 amide bonds. The first-order valence-electron chi connectivity index (χ1n) is 6.70. The minimum atomic E-state index is -0.534. The standard InChI is InChI=1S/C14H23NO2S/c1-13(2)11-14(16,6-8-17-13)5-7-15-10-12-4-3-9-18-12/h3-4,9,15-16H,5-8,10-11H2,1-2H3/p+1/t14-/m1/s1. The van der Waals surface area contributed by atoms with Crippen molar-refractivity contribution in [2.75, 3.05) is 13.2 Å². The molecule has 102 valence electrons. The fraction of sp³-hybridized carbons (Fsp3) is 0.714. The van der Waals surface area contributed by atoms with Crippen molar-refractivity contribution >= 4 is 11.3 Å². The van der Waals surface area contributed by atoms with Crippen LogP contribution in [0.25, 0.3) is 0 Å². The fourth-order valence-corrected chi connectivity index (χ4v) is 3.41. The maximum absolute atomic E-state index is 10.6. The molecule has 1 saturated heterocycles. The van der Waals surface area contributed by atoms with Gasteiger partial charge in [-0.2, -0.15) is 0 Å². The van der Waals surface area contributed by atoms with E-state index in [1.165, 1.54) is 4.88 Å². The summed E-state index contributed by atoms with van der Waals surface area (Å²) in [7, 11) is 0. The fourth-order valence-electron chi connectivity index (χ4n) is 2.71. The van der Waals surface area contributed by atoms with Gasteiger partial charge in [-0.3, -0.25) is 0 Å². The minimum absolute atomic E-state index is 0.180. The normalized spacial score (nSPS) is 27.3. The van der Waals surface area contributed by atoms with Crippen molar-refractivity contribution in [3.05, 3.63) is 22.4 Å². The van der Waals surface area contributed by atoms with Crippen LogP contribution >= 0.6 is 11.3 Å². The van der Waals surface area contributed by atoms with Crippen molar-refractivity contribution in [3.63, 3.8) is 0 Å². The van der Waals surface area contributed by atoms with Crippen molar-refractivity contribution in [2.45, 2.75) is 50.9 Å². The van der Waals surface area contributed by atoms with Crippen LogP contribution in [-0.4, -0.2) is 29.5 Å². The first-order valence-corrected chi connectivity index (χ1v) is 7.58. The molecule has 0 bridgehead atoms. The molecule has 0 spiro atoms. The molecule has 0 saturated carbocycles. The summed E-state index contributed by atoms with van der Waals surface area (Å²) in [4.78, 5) is 1.40. The predicted octanol–water partition coefficient (Wildman–Crippen LogP) is 1.52. The van der Waals surface area contributed by atoms with Gasteiger partial charge in [0.05, 0.1) is 29.2 Å². The lowest BCUT2D eigenvalue weighted by Crippen LogP contribution is -2.83. The lowest BCUT2D eigenvalue weighted by molar-refractivity contribution is -0.672. The van der Waals surface area contributed by atoms with E-state index >= 15 is 0 Å². The molecule has 4 heteroatoms. The Morgan fingerprint density at radius 2 is 2.33 bits per heavy atom. The van der Waals surface area contributed by atoms with E-state index in [4.69, 9.17) is 4.74 Å². The zero-order chi connectivity index (χ0) is 13.1. The van der Waals surface area contributed by atoms with Gasteiger partial charge in [0.15, 0.2) is 0 Å². The highest BCUT2D eigenvalue weighted by Crippen LogP contribution is 2.33. The third-order valence-corrected chi connectivity index (χ3v) is 4.45. The number of nitrogens with two attached hydrogens (primary N) is 1. The lowest BCUT2D eigenvalue weighted by atomic mass is 9.82. The Morgan fingerprint density at radius 1 is 1.50 bits per heavy atom. The second kappa shape index (κ2) is 5.70. The van der Waals surface area contributed by atoms with Crippen LogP contribution in [0.3, 0.4) is 0 Å². The van der Waals surface area contributed by atoms with Crippen molar-refractivity contribution in [2.24, 2.45) is 0 Å². The molecular formula is C14H24NO2S+. The number of hydrogen-bond acceptors (Lipinski definition) is 3. The molecule has 1 fully saturated rings. The highest BCUT2D eigenvalue weighted by molar-refractivity contribution is 7.09. The number of quaternary nitrogens is 1. The molecule has 1 aliphatic rings. The minimum Gasteiger partial charge on any atom is -0.389 e. The maximum Gasteiger partial charge on any atom is 0.111 e. The van der Waals surface area contributed by atoms with Crippen molar-refractivity contribution in [1.82, 2.24) is 0 Å². The van der Waals surface area contributed by atoms with Crippen molar-refractivity contribution in [1.29, 1.82) is 0 Å². The van der Waals surface area contributed by atoms with Crippen LogP contribution in [0.5, 0.6) is 0 Å². The molecule has 0 radical (unpaired) electrons. The van der Waals surface area contributed by atoms with Crippen LogP contribution in [0.2, 0.25) is 0 Å². The number of hydrogen-bond donors (Lipinski definition) is 2. The summed E-state index contributed by atoms with van der Waals surface area (Å²) in [5.41, 5.74) is -0.714. The Labute approximate surface area is 113 Å². The largest absolute Gasteiger partial charge is 0.389 e. The molecule has 2 heterocycles. The molecule has 2 rings (SSSR count). The molecule has 0 aromatic carbocycles. The number of thiophene rings is 1. The quantitative estimate of drug-likeness (QED) is 0.797. The molecule has 0 unspecified atom stereocenters. The zero-order valence-electron chi connectivity index (χ0n) is 11.3. The highest BCUT2D eigenvalue weighted by atomic mass is 32.1. The average molecular weight is 270 g/mol. The second-order valence-electron chi connectivity index (χ2n) is 5.87. The van der Waals surface area contributed by atoms with Gasteiger partial charge in [0.25, 0.3) is 0 Å². The molecule has 1 aromatic heterocycles. The Kier molecular flexibility index (Phi) is 4.43. The summed E-state index contributed by atoms with van der Waals surface area (Å²) in [6.45, 7) is 6.80. The highest BCUT2D eigenvalue weighted by Gasteiger charge is 2.39. The second-order valence-corrected chi connectivity index (χ2v) is 6.90. The summed E-state index contributed by atoms with van der Waals surface area (Å²) in [6.07, 6.45) is 2.36. The molecule has 3 nitrogen and oxygen atoms in total. The summed E-state index contributed by atoms with van der Waals surface area (Å²) in [6, 6.07) is 4.25. The van der Waals surface area contributed by atoms with Crippen molar-refractivity contribution < 1.29 is 15.2 Å². The molecule has 18 heavy (non-hydrogen) atoms. The van der Waals surface area contributed by atoms with Gasteiger partial charge in [-0.25, -0.2) is 0 Å². The van der Waals surface area contributed by atoms with Gasteiger partial charge in [-0.1, -0.05) is 6.07 Å². The van der Waals surface area contributed by atoms with E-state index in [1.54, 1.807) is 11.3 Å². The van der Waals surface area contributed by atoms with Gasteiger partial charge in [0.2, 0.25) is 0 Å². The maximum atomic E-state index is 10.6. The van der Waals surface area contributed by atoms with Gasteiger partial charge in [0, 0.05) is 12.8 Å². The van der Waals surface area contributed by atoms with E-state index < -0.39 is 5.60 Å². The topological polar surface area (TPSA) is 46.1 Å². The molecule has 0 aliphatic carbocycles. The third kappa shape index (κ3) is 4.05. The first-order chi connectivity index (χ1) is 8.49. The molecule has 1 aliphatic heterocycles. The number of aliphatic hydroxyl groups is 1. The molecule has 1 atom stereocenters. The van der Waals surface area contributed by atoms with E-state index in [0.717, 1.165) is 32.4 Å². The molecule has 3 N–H and O–H groups in total. The van der Waals surface area contributed by atoms with Crippen LogP contribution in [0.4, 0.5) is 0 Å². The Balaban J connectivity index is 1.72. The third-order valence-electron chi connectivity index (χ3n) is 3.55. The van der Waals surface area contributed by atoms with E-state index in [0.29, 0.717) is 6.61 Å². The van der Waals surface area contributed by atoms with Crippen LogP contribution in [0.1, 0.15) is 38.0 Å². The Hall–Kier alpha value is -0.420. The average Bonchev–Trinajstić information content (AvgIpc) is 2.75. The summed E-state index contributed by atoms with van der Waals surface area (Å²) in [5, 5.41) is 15.0. The summed E-state index contributed by atoms with van der Waals surface area (Å²) < 4.78 is 5.66. The Morgan fingerprint density at radius 3 is 3.00 bits per heavy atom. The van der Waals surface area contributed by atoms with E-state index in [9.17, 15) is 5.11 Å². The molecular weight excluding hydrogens is 246 g/mol. The van der Waals surface area contributed by atoms with E-state index in [2.05, 4.69) is 36.7 Å². The van der Waals surface area contributed by atoms with E-state index in [1.807, 2.05) is 0 Å². The summed E-state index contributed by atoms with van der Waals surface area (Å²) >= 11 is 1.79. The lowest BCUT2D eigenvalue weighted by Gasteiger charge is -2.41. The van der Waals surface area contributed by atoms with Crippen LogP contribution in [-0.2, 0) is 11.3 Å². The predicted molar refractivity (Wildman–Crippen MR) is 73.6 cm³/mol.